The number of hydrogen-bond acceptors (Lipinski definition) is 4. The maximum atomic E-state index is 10.9. The summed E-state index contributed by atoms with van der Waals surface area (Å²) in [6.07, 6.45) is 0. The smallest absolute Gasteiger partial charge is 0.331 e. The van der Waals surface area contributed by atoms with E-state index in [0.29, 0.717) is 0 Å². The van der Waals surface area contributed by atoms with Crippen molar-refractivity contribution in [2.24, 2.45) is 0 Å². The molecule has 0 aromatic heterocycles. The second-order valence-corrected chi connectivity index (χ2v) is 4.40. The topological polar surface area (TPSA) is 58.6 Å². The average Bonchev–Trinajstić information content (AvgIpc) is 2.26. The van der Waals surface area contributed by atoms with Gasteiger partial charge >= 0.3 is 5.97 Å². The molecule has 4 nitrogen and oxygen atoms in total. The molecular weight excluding hydrogens is 226 g/mol. The lowest BCUT2D eigenvalue weighted by Crippen LogP contribution is -2.30. The Morgan fingerprint density at radius 1 is 1.56 bits per heavy atom. The lowest BCUT2D eigenvalue weighted by Gasteiger charge is -2.13. The number of hydrogen-bond donors (Lipinski definition) is 2. The van der Waals surface area contributed by atoms with Crippen molar-refractivity contribution in [3.63, 3.8) is 0 Å². The second kappa shape index (κ2) is 5.77. The zero-order valence-electron chi connectivity index (χ0n) is 9.48. The number of benzene rings is 1. The van der Waals surface area contributed by atoms with Crippen molar-refractivity contribution >= 4 is 17.7 Å². The fourth-order valence-electron chi connectivity index (χ4n) is 1.24. The zero-order chi connectivity index (χ0) is 12.1. The third-order valence-corrected chi connectivity index (χ3v) is 3.50. The van der Waals surface area contributed by atoms with Crippen molar-refractivity contribution in [2.45, 2.75) is 17.2 Å². The lowest BCUT2D eigenvalue weighted by molar-refractivity contribution is -0.136. The maximum Gasteiger partial charge on any atom is 0.331 e. The van der Waals surface area contributed by atoms with Crippen LogP contribution < -0.4 is 10.1 Å². The SMILES string of the molecule is CNC(Sc1ccc(OC)cc1C)C(=O)O. The number of ether oxygens (including phenoxy) is 1. The molecule has 0 amide bonds. The Hall–Kier alpha value is -1.20. The summed E-state index contributed by atoms with van der Waals surface area (Å²) in [6, 6.07) is 5.58. The third-order valence-electron chi connectivity index (χ3n) is 2.11. The van der Waals surface area contributed by atoms with Crippen LogP contribution in [0.2, 0.25) is 0 Å². The molecule has 2 N–H and O–H groups in total. The second-order valence-electron chi connectivity index (χ2n) is 3.26. The van der Waals surface area contributed by atoms with Crippen molar-refractivity contribution in [1.82, 2.24) is 5.32 Å². The summed E-state index contributed by atoms with van der Waals surface area (Å²) >= 11 is 1.28. The molecule has 0 radical (unpaired) electrons. The third kappa shape index (κ3) is 3.15. The molecule has 5 heteroatoms. The molecule has 0 spiro atoms. The molecule has 0 aliphatic rings. The highest BCUT2D eigenvalue weighted by molar-refractivity contribution is 8.00. The Kier molecular flexibility index (Phi) is 4.64. The van der Waals surface area contributed by atoms with Crippen LogP contribution in [0.15, 0.2) is 23.1 Å². The van der Waals surface area contributed by atoms with Crippen molar-refractivity contribution in [3.8, 4) is 5.75 Å². The predicted octanol–water partition coefficient (Wildman–Crippen LogP) is 1.73. The van der Waals surface area contributed by atoms with Gasteiger partial charge in [-0.05, 0) is 37.7 Å². The summed E-state index contributed by atoms with van der Waals surface area (Å²) in [4.78, 5) is 11.8. The number of carboxylic acids is 1. The van der Waals surface area contributed by atoms with Gasteiger partial charge < -0.3 is 9.84 Å². The molecule has 0 aliphatic heterocycles. The van der Waals surface area contributed by atoms with Gasteiger partial charge in [0.05, 0.1) is 7.11 Å². The molecule has 0 saturated heterocycles. The van der Waals surface area contributed by atoms with Crippen LogP contribution in [-0.4, -0.2) is 30.6 Å². The molecule has 1 atom stereocenters. The predicted molar refractivity (Wildman–Crippen MR) is 64.1 cm³/mol. The Balaban J connectivity index is 2.84. The largest absolute Gasteiger partial charge is 0.497 e. The standard InChI is InChI=1S/C11H15NO3S/c1-7-6-8(15-3)4-5-9(7)16-10(12-2)11(13)14/h4-6,10,12H,1-3H3,(H,13,14). The normalized spacial score (nSPS) is 12.2. The van der Waals surface area contributed by atoms with Crippen molar-refractivity contribution in [3.05, 3.63) is 23.8 Å². The Morgan fingerprint density at radius 3 is 2.69 bits per heavy atom. The number of likely N-dealkylation sites (N-methyl/N-ethyl adjacent to an activating group) is 1. The first-order valence-electron chi connectivity index (χ1n) is 4.80. The minimum absolute atomic E-state index is 0.632. The number of methoxy groups -OCH3 is 1. The first kappa shape index (κ1) is 12.9. The van der Waals surface area contributed by atoms with Crippen LogP contribution >= 0.6 is 11.8 Å². The lowest BCUT2D eigenvalue weighted by atomic mass is 10.2. The summed E-state index contributed by atoms with van der Waals surface area (Å²) in [5.41, 5.74) is 1.01. The molecule has 1 aromatic carbocycles. The van der Waals surface area contributed by atoms with Gasteiger partial charge in [0.2, 0.25) is 0 Å². The fraction of sp³-hybridized carbons (Fsp3) is 0.364. The molecule has 0 aliphatic carbocycles. The Morgan fingerprint density at radius 2 is 2.25 bits per heavy atom. The van der Waals surface area contributed by atoms with Crippen molar-refractivity contribution < 1.29 is 14.6 Å². The first-order chi connectivity index (χ1) is 7.58. The number of carboxylic acid groups (broad SMARTS) is 1. The monoisotopic (exact) mass is 241 g/mol. The Bertz CT molecular complexity index is 381. The van der Waals surface area contributed by atoms with Gasteiger partial charge in [0.1, 0.15) is 5.75 Å². The summed E-state index contributed by atoms with van der Waals surface area (Å²) in [7, 11) is 3.24. The highest BCUT2D eigenvalue weighted by atomic mass is 32.2. The van der Waals surface area contributed by atoms with E-state index in [1.165, 1.54) is 11.8 Å². The molecule has 0 saturated carbocycles. The van der Waals surface area contributed by atoms with Crippen LogP contribution in [0.25, 0.3) is 0 Å². The summed E-state index contributed by atoms with van der Waals surface area (Å²) in [5.74, 6) is -0.0964. The van der Waals surface area contributed by atoms with Gasteiger partial charge in [0.15, 0.2) is 5.37 Å². The minimum Gasteiger partial charge on any atom is -0.497 e. The van der Waals surface area contributed by atoms with Gasteiger partial charge in [-0.25, -0.2) is 4.79 Å². The van der Waals surface area contributed by atoms with E-state index in [4.69, 9.17) is 9.84 Å². The van der Waals surface area contributed by atoms with Crippen LogP contribution in [-0.2, 0) is 4.79 Å². The number of aryl methyl sites for hydroxylation is 1. The first-order valence-corrected chi connectivity index (χ1v) is 5.67. The van der Waals surface area contributed by atoms with Crippen molar-refractivity contribution in [1.29, 1.82) is 0 Å². The summed E-state index contributed by atoms with van der Waals surface area (Å²) in [5, 5.41) is 11.0. The molecule has 16 heavy (non-hydrogen) atoms. The van der Waals surface area contributed by atoms with Crippen LogP contribution in [0, 0.1) is 6.92 Å². The number of rotatable bonds is 5. The van der Waals surface area contributed by atoms with E-state index in [-0.39, 0.29) is 0 Å². The van der Waals surface area contributed by atoms with E-state index in [9.17, 15) is 4.79 Å². The number of thioether (sulfide) groups is 1. The Labute approximate surface area is 99.0 Å². The van der Waals surface area contributed by atoms with Crippen molar-refractivity contribution in [2.75, 3.05) is 14.2 Å². The van der Waals surface area contributed by atoms with E-state index in [1.807, 2.05) is 25.1 Å². The molecule has 0 bridgehead atoms. The minimum atomic E-state index is -0.872. The zero-order valence-corrected chi connectivity index (χ0v) is 10.3. The van der Waals surface area contributed by atoms with Gasteiger partial charge in [-0.3, -0.25) is 5.32 Å². The fourth-order valence-corrected chi connectivity index (χ4v) is 2.10. The van der Waals surface area contributed by atoms with Crippen LogP contribution in [0.5, 0.6) is 5.75 Å². The molecule has 0 heterocycles. The van der Waals surface area contributed by atoms with Crippen LogP contribution in [0.1, 0.15) is 5.56 Å². The summed E-state index contributed by atoms with van der Waals surface area (Å²) in [6.45, 7) is 1.93. The van der Waals surface area contributed by atoms with Crippen LogP contribution in [0.3, 0.4) is 0 Å². The number of nitrogens with one attached hydrogen (secondary N) is 1. The molecule has 1 rings (SSSR count). The highest BCUT2D eigenvalue weighted by Gasteiger charge is 2.17. The highest BCUT2D eigenvalue weighted by Crippen LogP contribution is 2.28. The van der Waals surface area contributed by atoms with E-state index in [0.717, 1.165) is 16.2 Å². The van der Waals surface area contributed by atoms with E-state index >= 15 is 0 Å². The quantitative estimate of drug-likeness (QED) is 0.607. The van der Waals surface area contributed by atoms with Gasteiger partial charge in [0.25, 0.3) is 0 Å². The van der Waals surface area contributed by atoms with Gasteiger partial charge in [0, 0.05) is 4.90 Å². The van der Waals surface area contributed by atoms with E-state index in [2.05, 4.69) is 5.32 Å². The maximum absolute atomic E-state index is 10.9. The van der Waals surface area contributed by atoms with Gasteiger partial charge in [-0.15, -0.1) is 0 Å². The molecule has 1 aromatic rings. The van der Waals surface area contributed by atoms with Gasteiger partial charge in [-0.2, -0.15) is 0 Å². The number of carbonyl (C=O) groups is 1. The van der Waals surface area contributed by atoms with Crippen LogP contribution in [0.4, 0.5) is 0 Å². The molecule has 1 unspecified atom stereocenters. The molecular formula is C11H15NO3S. The van der Waals surface area contributed by atoms with Gasteiger partial charge in [-0.1, -0.05) is 11.8 Å². The van der Waals surface area contributed by atoms with E-state index in [1.54, 1.807) is 14.2 Å². The number of aliphatic carboxylic acids is 1. The average molecular weight is 241 g/mol. The molecule has 88 valence electrons. The molecule has 0 fully saturated rings. The summed E-state index contributed by atoms with van der Waals surface area (Å²) < 4.78 is 5.09. The van der Waals surface area contributed by atoms with E-state index < -0.39 is 11.3 Å².